The number of fused-ring (bicyclic) bond motifs is 1. The van der Waals surface area contributed by atoms with Crippen molar-refractivity contribution in [1.82, 2.24) is 14.5 Å². The van der Waals surface area contributed by atoms with Gasteiger partial charge in [-0.3, -0.25) is 9.78 Å². The highest BCUT2D eigenvalue weighted by molar-refractivity contribution is 5.91. The van der Waals surface area contributed by atoms with Gasteiger partial charge in [-0.1, -0.05) is 19.9 Å². The third kappa shape index (κ3) is 4.21. The summed E-state index contributed by atoms with van der Waals surface area (Å²) >= 11 is 0. The normalized spacial score (nSPS) is 11.1. The summed E-state index contributed by atoms with van der Waals surface area (Å²) in [5.74, 6) is 1.68. The maximum absolute atomic E-state index is 11.3. The molecule has 0 radical (unpaired) electrons. The molecule has 0 fully saturated rings. The topological polar surface area (TPSA) is 95.1 Å². The molecule has 4 rings (SSSR count). The molecule has 0 unspecified atom stereocenters. The van der Waals surface area contributed by atoms with Crippen molar-refractivity contribution in [3.05, 3.63) is 71.5 Å². The molecule has 7 heteroatoms. The molecule has 2 heterocycles. The number of pyridine rings is 1. The lowest BCUT2D eigenvalue weighted by Gasteiger charge is -2.13. The first-order valence-corrected chi connectivity index (χ1v) is 10.1. The van der Waals surface area contributed by atoms with Crippen molar-refractivity contribution in [3.8, 4) is 11.5 Å². The molecule has 1 amide bonds. The van der Waals surface area contributed by atoms with Crippen LogP contribution in [-0.2, 0) is 7.05 Å². The Morgan fingerprint density at radius 3 is 2.65 bits per heavy atom. The molecule has 0 saturated heterocycles. The minimum absolute atomic E-state index is 0. The van der Waals surface area contributed by atoms with Gasteiger partial charge in [0.05, 0.1) is 11.0 Å². The lowest BCUT2D eigenvalue weighted by Crippen LogP contribution is -2.12. The Balaban J connectivity index is 0.00000289. The summed E-state index contributed by atoms with van der Waals surface area (Å²) in [6.07, 6.45) is 1.49. The number of aryl methyl sites for hydroxylation is 2. The van der Waals surface area contributed by atoms with Crippen LogP contribution in [0.1, 0.15) is 42.8 Å². The number of hydrogen-bond acceptors (Lipinski definition) is 5. The minimum Gasteiger partial charge on any atom is -0.457 e. The molecule has 0 bridgehead atoms. The molecule has 0 aliphatic carbocycles. The monoisotopic (exact) mass is 417 g/mol. The summed E-state index contributed by atoms with van der Waals surface area (Å²) in [6.45, 7) is 6.51. The predicted octanol–water partition coefficient (Wildman–Crippen LogP) is 5.28. The number of carbonyl (C=O) groups excluding carboxylic acids is 1. The van der Waals surface area contributed by atoms with Crippen molar-refractivity contribution < 1.29 is 11.0 Å². The van der Waals surface area contributed by atoms with Gasteiger partial charge in [0, 0.05) is 32.5 Å². The fraction of sp³-hybridized carbons (Fsp3) is 0.208. The van der Waals surface area contributed by atoms with Gasteiger partial charge in [0.2, 0.25) is 5.95 Å². The number of nitrogens with one attached hydrogen (secondary N) is 1. The van der Waals surface area contributed by atoms with Gasteiger partial charge in [-0.2, -0.15) is 0 Å². The molecule has 0 spiro atoms. The molecule has 3 N–H and O–H groups in total. The highest BCUT2D eigenvalue weighted by atomic mass is 16.5. The van der Waals surface area contributed by atoms with Crippen LogP contribution in [0.4, 0.5) is 11.6 Å². The molecule has 7 nitrogen and oxygen atoms in total. The number of imidazole rings is 1. The van der Waals surface area contributed by atoms with Crippen LogP contribution in [0.3, 0.4) is 0 Å². The first kappa shape index (κ1) is 20.4. The number of rotatable bonds is 6. The average molecular weight is 418 g/mol. The Morgan fingerprint density at radius 2 is 1.90 bits per heavy atom. The Morgan fingerprint density at radius 1 is 1.13 bits per heavy atom. The zero-order chi connectivity index (χ0) is 22.1. The summed E-state index contributed by atoms with van der Waals surface area (Å²) in [4.78, 5) is 20.0. The third-order valence-electron chi connectivity index (χ3n) is 5.23. The highest BCUT2D eigenvalue weighted by Crippen LogP contribution is 2.29. The van der Waals surface area contributed by atoms with Crippen LogP contribution in [0.15, 0.2) is 54.7 Å². The first-order chi connectivity index (χ1) is 14.8. The highest BCUT2D eigenvalue weighted by Gasteiger charge is 2.12. The van der Waals surface area contributed by atoms with E-state index in [-0.39, 0.29) is 7.12 Å². The van der Waals surface area contributed by atoms with E-state index in [4.69, 9.17) is 15.5 Å². The third-order valence-corrected chi connectivity index (χ3v) is 5.23. The van der Waals surface area contributed by atoms with Crippen LogP contribution >= 0.6 is 0 Å². The van der Waals surface area contributed by atoms with Crippen molar-refractivity contribution in [1.29, 1.82) is 0 Å². The number of nitrogens with two attached hydrogens (primary N) is 1. The lowest BCUT2D eigenvalue weighted by molar-refractivity contribution is 0.0995. The van der Waals surface area contributed by atoms with Gasteiger partial charge in [0.1, 0.15) is 17.2 Å². The molecule has 0 aliphatic rings. The maximum atomic E-state index is 11.3. The Hall–Kier alpha value is -3.87. The van der Waals surface area contributed by atoms with Crippen LogP contribution in [0.5, 0.6) is 11.5 Å². The quantitative estimate of drug-likeness (QED) is 0.445. The minimum atomic E-state index is -0.599. The number of nitrogens with zero attached hydrogens (tertiary/aromatic N) is 3. The predicted molar refractivity (Wildman–Crippen MR) is 124 cm³/mol. The second kappa shape index (κ2) is 8.10. The smallest absolute Gasteiger partial charge is 0.267 e. The van der Waals surface area contributed by atoms with Crippen molar-refractivity contribution in [3.63, 3.8) is 0 Å². The number of anilines is 2. The molecular formula is C24H27N5O2. The van der Waals surface area contributed by atoms with Crippen LogP contribution in [0, 0.1) is 6.92 Å². The van der Waals surface area contributed by atoms with Gasteiger partial charge in [0.15, 0.2) is 0 Å². The lowest BCUT2D eigenvalue weighted by atomic mass is 9.97. The second-order valence-electron chi connectivity index (χ2n) is 7.84. The Labute approximate surface area is 182 Å². The summed E-state index contributed by atoms with van der Waals surface area (Å²) in [6, 6.07) is 15.2. The average Bonchev–Trinajstić information content (AvgIpc) is 3.04. The number of benzene rings is 2. The Kier molecular flexibility index (Phi) is 5.33. The van der Waals surface area contributed by atoms with E-state index in [1.165, 1.54) is 23.4 Å². The van der Waals surface area contributed by atoms with E-state index < -0.39 is 5.91 Å². The van der Waals surface area contributed by atoms with E-state index >= 15 is 0 Å². The van der Waals surface area contributed by atoms with Crippen LogP contribution < -0.4 is 15.8 Å². The van der Waals surface area contributed by atoms with Crippen LogP contribution in [0.25, 0.3) is 11.0 Å². The fourth-order valence-corrected chi connectivity index (χ4v) is 3.57. The van der Waals surface area contributed by atoms with Crippen molar-refractivity contribution >= 4 is 28.6 Å². The number of hydrogen-bond donors (Lipinski definition) is 2. The first-order valence-electron chi connectivity index (χ1n) is 10.1. The summed E-state index contributed by atoms with van der Waals surface area (Å²) < 4.78 is 7.89. The van der Waals surface area contributed by atoms with Crippen molar-refractivity contribution in [2.45, 2.75) is 26.7 Å². The summed E-state index contributed by atoms with van der Waals surface area (Å²) in [7, 11) is 1.97. The number of ether oxygens (including phenoxy) is 1. The number of aromatic nitrogens is 3. The van der Waals surface area contributed by atoms with E-state index in [2.05, 4.69) is 49.3 Å². The second-order valence-corrected chi connectivity index (χ2v) is 7.84. The summed E-state index contributed by atoms with van der Waals surface area (Å²) in [5, 5.41) is 3.42. The van der Waals surface area contributed by atoms with Gasteiger partial charge < -0.3 is 20.4 Å². The molecular weight excluding hydrogens is 390 g/mol. The molecule has 160 valence electrons. The van der Waals surface area contributed by atoms with Gasteiger partial charge in [-0.05, 0) is 54.3 Å². The SMILES string of the molecule is Cc1ccc(Nc2nc3cc(Oc4ccnc(C(N)=O)c4)ccc3n2C)cc1C(C)C.[HH]. The van der Waals surface area contributed by atoms with Crippen molar-refractivity contribution in [2.24, 2.45) is 12.8 Å². The van der Waals surface area contributed by atoms with Crippen molar-refractivity contribution in [2.75, 3.05) is 5.32 Å². The fourth-order valence-electron chi connectivity index (χ4n) is 3.57. The maximum Gasteiger partial charge on any atom is 0.267 e. The molecule has 2 aromatic carbocycles. The zero-order valence-corrected chi connectivity index (χ0v) is 18.0. The van der Waals surface area contributed by atoms with Gasteiger partial charge in [-0.15, -0.1) is 0 Å². The standard InChI is InChI=1S/C24H25N5O2.H2/c1-14(2)19-11-16(6-5-15(19)3)27-24-28-20-12-17(7-8-22(20)29(24)4)31-18-9-10-26-21(13-18)23(25)30;/h5-14H,1-4H3,(H2,25,30)(H,27,28);1H. The molecule has 4 aromatic rings. The van der Waals surface area contributed by atoms with Gasteiger partial charge >= 0.3 is 0 Å². The number of amides is 1. The molecule has 2 aromatic heterocycles. The largest absolute Gasteiger partial charge is 0.457 e. The van der Waals surface area contributed by atoms with Gasteiger partial charge in [-0.25, -0.2) is 4.98 Å². The van der Waals surface area contributed by atoms with E-state index in [1.54, 1.807) is 6.07 Å². The van der Waals surface area contributed by atoms with Crippen LogP contribution in [0.2, 0.25) is 0 Å². The number of carbonyl (C=O) groups is 1. The number of primary amides is 1. The van der Waals surface area contributed by atoms with E-state index in [9.17, 15) is 4.79 Å². The van der Waals surface area contributed by atoms with E-state index in [0.717, 1.165) is 22.7 Å². The Bertz CT molecular complexity index is 1280. The van der Waals surface area contributed by atoms with E-state index in [1.807, 2.05) is 29.8 Å². The molecule has 31 heavy (non-hydrogen) atoms. The zero-order valence-electron chi connectivity index (χ0n) is 18.0. The molecule has 0 atom stereocenters. The van der Waals surface area contributed by atoms with Crippen LogP contribution in [-0.4, -0.2) is 20.4 Å². The summed E-state index contributed by atoms with van der Waals surface area (Å²) in [5.41, 5.74) is 10.8. The molecule has 0 aliphatic heterocycles. The van der Waals surface area contributed by atoms with E-state index in [0.29, 0.717) is 17.4 Å². The van der Waals surface area contributed by atoms with Gasteiger partial charge in [0.25, 0.3) is 5.91 Å². The molecule has 0 saturated carbocycles.